The van der Waals surface area contributed by atoms with Crippen LogP contribution < -0.4 is 16.6 Å². The highest BCUT2D eigenvalue weighted by molar-refractivity contribution is 5.22. The van der Waals surface area contributed by atoms with Crippen LogP contribution in [-0.2, 0) is 0 Å². The van der Waals surface area contributed by atoms with Crippen LogP contribution >= 0.6 is 0 Å². The van der Waals surface area contributed by atoms with E-state index in [2.05, 4.69) is 15.8 Å². The maximum atomic E-state index is 13.3. The maximum Gasteiger partial charge on any atom is 0.126 e. The van der Waals surface area contributed by atoms with Crippen molar-refractivity contribution in [2.75, 3.05) is 13.1 Å². The zero-order valence-electron chi connectivity index (χ0n) is 11.3. The van der Waals surface area contributed by atoms with Crippen molar-refractivity contribution in [3.8, 4) is 0 Å². The number of rotatable bonds is 2. The van der Waals surface area contributed by atoms with Gasteiger partial charge < -0.3 is 5.73 Å². The molecule has 4 N–H and O–H groups in total. The van der Waals surface area contributed by atoms with Crippen molar-refractivity contribution in [2.24, 2.45) is 5.73 Å². The minimum absolute atomic E-state index is 0.0802. The third-order valence-electron chi connectivity index (χ3n) is 4.10. The first-order valence-corrected chi connectivity index (χ1v) is 7.08. The summed E-state index contributed by atoms with van der Waals surface area (Å²) >= 11 is 0. The SMILES string of the molecule is NC1CCCN(C2CC(c3cc(F)cc(F)c3)NN2)C1. The van der Waals surface area contributed by atoms with E-state index >= 15 is 0 Å². The lowest BCUT2D eigenvalue weighted by molar-refractivity contribution is 0.133. The van der Waals surface area contributed by atoms with Crippen LogP contribution in [0.25, 0.3) is 0 Å². The van der Waals surface area contributed by atoms with E-state index in [0.717, 1.165) is 38.4 Å². The molecule has 0 aliphatic carbocycles. The van der Waals surface area contributed by atoms with Gasteiger partial charge in [0, 0.05) is 24.7 Å². The first-order valence-electron chi connectivity index (χ1n) is 7.08. The van der Waals surface area contributed by atoms with Crippen LogP contribution in [0.2, 0.25) is 0 Å². The molecule has 1 aromatic carbocycles. The molecule has 0 saturated carbocycles. The van der Waals surface area contributed by atoms with Gasteiger partial charge in [-0.15, -0.1) is 0 Å². The van der Waals surface area contributed by atoms with Crippen molar-refractivity contribution in [1.82, 2.24) is 15.8 Å². The molecule has 2 heterocycles. The summed E-state index contributed by atoms with van der Waals surface area (Å²) in [6.07, 6.45) is 3.10. The number of hydrazine groups is 1. The van der Waals surface area contributed by atoms with Gasteiger partial charge >= 0.3 is 0 Å². The molecular formula is C14H20F2N4. The standard InChI is InChI=1S/C14H20F2N4/c15-10-4-9(5-11(16)6-10)13-7-14(19-18-13)20-3-1-2-12(17)8-20/h4-6,12-14,18-19H,1-3,7-8,17H2. The highest BCUT2D eigenvalue weighted by Gasteiger charge is 2.31. The molecule has 2 fully saturated rings. The number of nitrogens with two attached hydrogens (primary N) is 1. The van der Waals surface area contributed by atoms with E-state index in [0.29, 0.717) is 5.56 Å². The summed E-state index contributed by atoms with van der Waals surface area (Å²) in [5.41, 5.74) is 13.0. The second-order valence-corrected chi connectivity index (χ2v) is 5.69. The molecule has 110 valence electrons. The Morgan fingerprint density at radius 2 is 1.90 bits per heavy atom. The Balaban J connectivity index is 1.67. The predicted octanol–water partition coefficient (Wildman–Crippen LogP) is 1.25. The largest absolute Gasteiger partial charge is 0.327 e. The van der Waals surface area contributed by atoms with Crippen molar-refractivity contribution < 1.29 is 8.78 Å². The maximum absolute atomic E-state index is 13.3. The molecule has 0 spiro atoms. The summed E-state index contributed by atoms with van der Waals surface area (Å²) in [7, 11) is 0. The van der Waals surface area contributed by atoms with E-state index in [4.69, 9.17) is 5.73 Å². The molecule has 3 atom stereocenters. The lowest BCUT2D eigenvalue weighted by Gasteiger charge is -2.34. The van der Waals surface area contributed by atoms with Crippen LogP contribution in [0.5, 0.6) is 0 Å². The third-order valence-corrected chi connectivity index (χ3v) is 4.10. The van der Waals surface area contributed by atoms with Gasteiger partial charge in [-0.05, 0) is 43.5 Å². The second kappa shape index (κ2) is 5.73. The summed E-state index contributed by atoms with van der Waals surface area (Å²) in [4.78, 5) is 2.30. The molecule has 1 aromatic rings. The summed E-state index contributed by atoms with van der Waals surface area (Å²) in [5, 5.41) is 0. The minimum Gasteiger partial charge on any atom is -0.327 e. The van der Waals surface area contributed by atoms with Crippen LogP contribution in [0.1, 0.15) is 30.9 Å². The number of likely N-dealkylation sites (tertiary alicyclic amines) is 1. The quantitative estimate of drug-likeness (QED) is 0.764. The molecule has 0 radical (unpaired) electrons. The van der Waals surface area contributed by atoms with Crippen LogP contribution in [0.15, 0.2) is 18.2 Å². The number of piperidine rings is 1. The Morgan fingerprint density at radius 1 is 1.15 bits per heavy atom. The lowest BCUT2D eigenvalue weighted by Crippen LogP contribution is -2.52. The van der Waals surface area contributed by atoms with Crippen molar-refractivity contribution in [3.63, 3.8) is 0 Å². The Kier molecular flexibility index (Phi) is 3.98. The Hall–Kier alpha value is -1.08. The zero-order valence-corrected chi connectivity index (χ0v) is 11.3. The van der Waals surface area contributed by atoms with Gasteiger partial charge in [-0.3, -0.25) is 4.90 Å². The molecule has 3 unspecified atom stereocenters. The Labute approximate surface area is 117 Å². The zero-order chi connectivity index (χ0) is 14.1. The Bertz CT molecular complexity index is 462. The fourth-order valence-corrected chi connectivity index (χ4v) is 3.10. The molecule has 0 bridgehead atoms. The molecule has 6 heteroatoms. The van der Waals surface area contributed by atoms with Crippen LogP contribution in [0.3, 0.4) is 0 Å². The van der Waals surface area contributed by atoms with Crippen LogP contribution in [0, 0.1) is 11.6 Å². The number of nitrogens with zero attached hydrogens (tertiary/aromatic N) is 1. The van der Waals surface area contributed by atoms with Gasteiger partial charge in [-0.1, -0.05) is 0 Å². The average Bonchev–Trinajstić information content (AvgIpc) is 2.87. The number of benzene rings is 1. The molecule has 2 aliphatic heterocycles. The van der Waals surface area contributed by atoms with Gasteiger partial charge in [0.05, 0.1) is 6.17 Å². The molecule has 0 aromatic heterocycles. The van der Waals surface area contributed by atoms with Crippen molar-refractivity contribution >= 4 is 0 Å². The molecule has 2 saturated heterocycles. The number of halogens is 2. The smallest absolute Gasteiger partial charge is 0.126 e. The highest BCUT2D eigenvalue weighted by Crippen LogP contribution is 2.26. The highest BCUT2D eigenvalue weighted by atomic mass is 19.1. The Morgan fingerprint density at radius 3 is 2.60 bits per heavy atom. The van der Waals surface area contributed by atoms with Crippen molar-refractivity contribution in [2.45, 2.75) is 37.5 Å². The summed E-state index contributed by atoms with van der Waals surface area (Å²) in [6, 6.07) is 3.80. The summed E-state index contributed by atoms with van der Waals surface area (Å²) in [6.45, 7) is 1.88. The topological polar surface area (TPSA) is 53.3 Å². The molecule has 4 nitrogen and oxygen atoms in total. The number of nitrogens with one attached hydrogen (secondary N) is 2. The second-order valence-electron chi connectivity index (χ2n) is 5.69. The fourth-order valence-electron chi connectivity index (χ4n) is 3.10. The third kappa shape index (κ3) is 2.98. The van der Waals surface area contributed by atoms with Gasteiger partial charge in [0.2, 0.25) is 0 Å². The summed E-state index contributed by atoms with van der Waals surface area (Å²) in [5.74, 6) is -1.07. The monoisotopic (exact) mass is 282 g/mol. The van der Waals surface area contributed by atoms with E-state index < -0.39 is 11.6 Å². The number of hydrogen-bond donors (Lipinski definition) is 3. The van der Waals surface area contributed by atoms with E-state index in [1.54, 1.807) is 0 Å². The predicted molar refractivity (Wildman–Crippen MR) is 72.6 cm³/mol. The fraction of sp³-hybridized carbons (Fsp3) is 0.571. The van der Waals surface area contributed by atoms with E-state index in [-0.39, 0.29) is 18.2 Å². The average molecular weight is 282 g/mol. The van der Waals surface area contributed by atoms with Gasteiger partial charge in [0.15, 0.2) is 0 Å². The molecular weight excluding hydrogens is 262 g/mol. The normalized spacial score (nSPS) is 31.6. The first-order chi connectivity index (χ1) is 9.61. The van der Waals surface area contributed by atoms with Crippen molar-refractivity contribution in [3.05, 3.63) is 35.4 Å². The lowest BCUT2D eigenvalue weighted by atomic mass is 10.0. The van der Waals surface area contributed by atoms with Gasteiger partial charge in [-0.25, -0.2) is 19.6 Å². The molecule has 2 aliphatic rings. The van der Waals surface area contributed by atoms with E-state index in [1.165, 1.54) is 12.1 Å². The minimum atomic E-state index is -0.537. The van der Waals surface area contributed by atoms with E-state index in [9.17, 15) is 8.78 Å². The van der Waals surface area contributed by atoms with Crippen molar-refractivity contribution in [1.29, 1.82) is 0 Å². The van der Waals surface area contributed by atoms with Gasteiger partial charge in [-0.2, -0.15) is 0 Å². The van der Waals surface area contributed by atoms with Crippen LogP contribution in [0.4, 0.5) is 8.78 Å². The molecule has 20 heavy (non-hydrogen) atoms. The van der Waals surface area contributed by atoms with Crippen LogP contribution in [-0.4, -0.2) is 30.2 Å². The first kappa shape index (κ1) is 13.9. The molecule has 0 amide bonds. The molecule has 3 rings (SSSR count). The van der Waals surface area contributed by atoms with Gasteiger partial charge in [0.25, 0.3) is 0 Å². The summed E-state index contributed by atoms with van der Waals surface area (Å²) < 4.78 is 26.5. The van der Waals surface area contributed by atoms with Gasteiger partial charge in [0.1, 0.15) is 11.6 Å². The number of hydrogen-bond acceptors (Lipinski definition) is 4. The van der Waals surface area contributed by atoms with E-state index in [1.807, 2.05) is 0 Å².